The third-order valence-electron chi connectivity index (χ3n) is 3.31. The smallest absolute Gasteiger partial charge is 0.0469 e. The standard InChI is InChI=1S/C11H22N2O/c1-10-8-13(5-4-12-10)9-11-2-6-14-7-3-11/h10-12H,2-9H2,1H3/t10-/m0/s1. The molecule has 0 bridgehead atoms. The van der Waals surface area contributed by atoms with E-state index in [1.807, 2.05) is 0 Å². The number of ether oxygens (including phenoxy) is 1. The summed E-state index contributed by atoms with van der Waals surface area (Å²) >= 11 is 0. The van der Waals surface area contributed by atoms with Crippen LogP contribution in [0.5, 0.6) is 0 Å². The first-order chi connectivity index (χ1) is 6.84. The van der Waals surface area contributed by atoms with Gasteiger partial charge in [0.2, 0.25) is 0 Å². The molecule has 2 heterocycles. The summed E-state index contributed by atoms with van der Waals surface area (Å²) in [5.74, 6) is 0.883. The predicted molar refractivity (Wildman–Crippen MR) is 57.4 cm³/mol. The molecule has 0 unspecified atom stereocenters. The van der Waals surface area contributed by atoms with E-state index < -0.39 is 0 Å². The van der Waals surface area contributed by atoms with Crippen molar-refractivity contribution in [3.05, 3.63) is 0 Å². The minimum Gasteiger partial charge on any atom is -0.381 e. The van der Waals surface area contributed by atoms with Crippen LogP contribution >= 0.6 is 0 Å². The summed E-state index contributed by atoms with van der Waals surface area (Å²) in [7, 11) is 0. The number of hydrogen-bond donors (Lipinski definition) is 1. The molecule has 2 aliphatic heterocycles. The van der Waals surface area contributed by atoms with Gasteiger partial charge in [0.15, 0.2) is 0 Å². The molecule has 82 valence electrons. The van der Waals surface area contributed by atoms with E-state index in [9.17, 15) is 0 Å². The van der Waals surface area contributed by atoms with Gasteiger partial charge in [0.05, 0.1) is 0 Å². The summed E-state index contributed by atoms with van der Waals surface area (Å²) in [6, 6.07) is 0.670. The molecule has 0 aromatic rings. The molecule has 0 amide bonds. The van der Waals surface area contributed by atoms with Crippen molar-refractivity contribution >= 4 is 0 Å². The molecule has 0 saturated carbocycles. The summed E-state index contributed by atoms with van der Waals surface area (Å²) in [6.07, 6.45) is 2.52. The molecule has 3 nitrogen and oxygen atoms in total. The fourth-order valence-corrected chi connectivity index (χ4v) is 2.47. The zero-order valence-electron chi connectivity index (χ0n) is 9.17. The third-order valence-corrected chi connectivity index (χ3v) is 3.31. The molecule has 2 aliphatic rings. The highest BCUT2D eigenvalue weighted by atomic mass is 16.5. The van der Waals surface area contributed by atoms with Crippen LogP contribution in [0.3, 0.4) is 0 Å². The molecule has 0 radical (unpaired) electrons. The second kappa shape index (κ2) is 5.10. The summed E-state index contributed by atoms with van der Waals surface area (Å²) in [5.41, 5.74) is 0. The highest BCUT2D eigenvalue weighted by Crippen LogP contribution is 2.16. The summed E-state index contributed by atoms with van der Waals surface area (Å²) in [5, 5.41) is 3.48. The van der Waals surface area contributed by atoms with Crippen molar-refractivity contribution in [3.8, 4) is 0 Å². The largest absolute Gasteiger partial charge is 0.381 e. The molecule has 0 aliphatic carbocycles. The average molecular weight is 198 g/mol. The van der Waals surface area contributed by atoms with Gasteiger partial charge in [-0.05, 0) is 25.7 Å². The number of nitrogens with zero attached hydrogens (tertiary/aromatic N) is 1. The van der Waals surface area contributed by atoms with Crippen molar-refractivity contribution in [2.45, 2.75) is 25.8 Å². The Balaban J connectivity index is 1.72. The number of hydrogen-bond acceptors (Lipinski definition) is 3. The van der Waals surface area contributed by atoms with Crippen LogP contribution in [0.15, 0.2) is 0 Å². The fraction of sp³-hybridized carbons (Fsp3) is 1.00. The van der Waals surface area contributed by atoms with Crippen LogP contribution in [-0.2, 0) is 4.74 Å². The molecule has 2 fully saturated rings. The molecule has 1 atom stereocenters. The van der Waals surface area contributed by atoms with Gasteiger partial charge in [-0.3, -0.25) is 0 Å². The maximum atomic E-state index is 5.38. The van der Waals surface area contributed by atoms with Crippen LogP contribution in [-0.4, -0.2) is 50.3 Å². The second-order valence-electron chi connectivity index (χ2n) is 4.67. The molecule has 14 heavy (non-hydrogen) atoms. The Bertz CT molecular complexity index is 169. The van der Waals surface area contributed by atoms with Gasteiger partial charge in [-0.1, -0.05) is 0 Å². The lowest BCUT2D eigenvalue weighted by molar-refractivity contribution is 0.0486. The zero-order valence-corrected chi connectivity index (χ0v) is 9.17. The van der Waals surface area contributed by atoms with E-state index in [0.717, 1.165) is 25.7 Å². The Labute approximate surface area is 86.8 Å². The van der Waals surface area contributed by atoms with Crippen LogP contribution in [0.2, 0.25) is 0 Å². The number of nitrogens with one attached hydrogen (secondary N) is 1. The van der Waals surface area contributed by atoms with Crippen LogP contribution in [0.4, 0.5) is 0 Å². The minimum atomic E-state index is 0.670. The van der Waals surface area contributed by atoms with Gasteiger partial charge in [-0.15, -0.1) is 0 Å². The second-order valence-corrected chi connectivity index (χ2v) is 4.67. The van der Waals surface area contributed by atoms with E-state index in [2.05, 4.69) is 17.1 Å². The maximum absolute atomic E-state index is 5.38. The quantitative estimate of drug-likeness (QED) is 0.707. The minimum absolute atomic E-state index is 0.670. The normalized spacial score (nSPS) is 31.9. The van der Waals surface area contributed by atoms with Crippen molar-refractivity contribution in [2.24, 2.45) is 5.92 Å². The summed E-state index contributed by atoms with van der Waals surface area (Å²) < 4.78 is 5.38. The van der Waals surface area contributed by atoms with Crippen molar-refractivity contribution in [1.29, 1.82) is 0 Å². The number of piperazine rings is 1. The molecular weight excluding hydrogens is 176 g/mol. The Kier molecular flexibility index (Phi) is 3.79. The topological polar surface area (TPSA) is 24.5 Å². The molecule has 3 heteroatoms. The Morgan fingerprint density at radius 1 is 1.36 bits per heavy atom. The van der Waals surface area contributed by atoms with E-state index in [4.69, 9.17) is 4.74 Å². The predicted octanol–water partition coefficient (Wildman–Crippen LogP) is 0.707. The molecule has 2 rings (SSSR count). The van der Waals surface area contributed by atoms with Crippen LogP contribution in [0.1, 0.15) is 19.8 Å². The van der Waals surface area contributed by atoms with Gasteiger partial charge in [-0.25, -0.2) is 0 Å². The lowest BCUT2D eigenvalue weighted by Gasteiger charge is -2.35. The lowest BCUT2D eigenvalue weighted by atomic mass is 9.99. The molecule has 0 aromatic heterocycles. The van der Waals surface area contributed by atoms with E-state index in [-0.39, 0.29) is 0 Å². The first-order valence-corrected chi connectivity index (χ1v) is 5.88. The van der Waals surface area contributed by atoms with E-state index in [1.54, 1.807) is 0 Å². The number of rotatable bonds is 2. The van der Waals surface area contributed by atoms with Gasteiger partial charge in [0.1, 0.15) is 0 Å². The average Bonchev–Trinajstić information content (AvgIpc) is 2.19. The van der Waals surface area contributed by atoms with Gasteiger partial charge < -0.3 is 15.0 Å². The highest BCUT2D eigenvalue weighted by Gasteiger charge is 2.20. The zero-order chi connectivity index (χ0) is 9.80. The lowest BCUT2D eigenvalue weighted by Crippen LogP contribution is -2.50. The monoisotopic (exact) mass is 198 g/mol. The van der Waals surface area contributed by atoms with Crippen molar-refractivity contribution in [1.82, 2.24) is 10.2 Å². The van der Waals surface area contributed by atoms with E-state index >= 15 is 0 Å². The molecule has 0 aromatic carbocycles. The van der Waals surface area contributed by atoms with Gasteiger partial charge in [-0.2, -0.15) is 0 Å². The van der Waals surface area contributed by atoms with Crippen molar-refractivity contribution in [2.75, 3.05) is 39.4 Å². The molecule has 1 N–H and O–H groups in total. The Morgan fingerprint density at radius 3 is 2.86 bits per heavy atom. The van der Waals surface area contributed by atoms with Crippen molar-refractivity contribution in [3.63, 3.8) is 0 Å². The fourth-order valence-electron chi connectivity index (χ4n) is 2.47. The van der Waals surface area contributed by atoms with Gasteiger partial charge >= 0.3 is 0 Å². The summed E-state index contributed by atoms with van der Waals surface area (Å²) in [6.45, 7) is 9.12. The van der Waals surface area contributed by atoms with Crippen LogP contribution in [0, 0.1) is 5.92 Å². The highest BCUT2D eigenvalue weighted by molar-refractivity contribution is 4.77. The molecule has 2 saturated heterocycles. The van der Waals surface area contributed by atoms with E-state index in [0.29, 0.717) is 6.04 Å². The Hall–Kier alpha value is -0.120. The first kappa shape index (κ1) is 10.4. The van der Waals surface area contributed by atoms with E-state index in [1.165, 1.54) is 32.5 Å². The third kappa shape index (κ3) is 2.94. The molecular formula is C11H22N2O. The van der Waals surface area contributed by atoms with Gasteiger partial charge in [0, 0.05) is 45.4 Å². The van der Waals surface area contributed by atoms with Crippen LogP contribution in [0.25, 0.3) is 0 Å². The van der Waals surface area contributed by atoms with Crippen LogP contribution < -0.4 is 5.32 Å². The summed E-state index contributed by atoms with van der Waals surface area (Å²) in [4.78, 5) is 2.61. The maximum Gasteiger partial charge on any atom is 0.0469 e. The van der Waals surface area contributed by atoms with Gasteiger partial charge in [0.25, 0.3) is 0 Å². The first-order valence-electron chi connectivity index (χ1n) is 5.88. The Morgan fingerprint density at radius 2 is 2.14 bits per heavy atom. The molecule has 0 spiro atoms. The SMILES string of the molecule is C[C@H]1CN(CC2CCOCC2)CCN1. The van der Waals surface area contributed by atoms with Crippen molar-refractivity contribution < 1.29 is 4.74 Å².